The van der Waals surface area contributed by atoms with Gasteiger partial charge in [-0.1, -0.05) is 13.3 Å². The first kappa shape index (κ1) is 10.3. The highest BCUT2D eigenvalue weighted by Crippen LogP contribution is 2.10. The standard InChI is InChI=1S/C10H19N3/c1-4-5-9-7-13(3)12-10(9)6-8(2)11/h7-8H,4-6,11H2,1-3H3. The molecule has 0 aromatic carbocycles. The third kappa shape index (κ3) is 2.84. The smallest absolute Gasteiger partial charge is 0.0671 e. The molecule has 0 saturated carbocycles. The lowest BCUT2D eigenvalue weighted by molar-refractivity contribution is 0.682. The molecule has 13 heavy (non-hydrogen) atoms. The maximum absolute atomic E-state index is 5.75. The SMILES string of the molecule is CCCc1cn(C)nc1CC(C)N. The van der Waals surface area contributed by atoms with Crippen molar-refractivity contribution in [2.24, 2.45) is 12.8 Å². The molecule has 0 aliphatic carbocycles. The van der Waals surface area contributed by atoms with Gasteiger partial charge in [-0.2, -0.15) is 5.10 Å². The molecule has 1 unspecified atom stereocenters. The Labute approximate surface area is 79.9 Å². The Kier molecular flexibility index (Phi) is 3.48. The van der Waals surface area contributed by atoms with Crippen LogP contribution in [0.5, 0.6) is 0 Å². The van der Waals surface area contributed by atoms with Crippen LogP contribution in [0.1, 0.15) is 31.5 Å². The molecule has 1 aromatic heterocycles. The minimum Gasteiger partial charge on any atom is -0.328 e. The normalized spacial score (nSPS) is 13.2. The predicted octanol–water partition coefficient (Wildman–Crippen LogP) is 1.26. The Morgan fingerprint density at radius 2 is 2.31 bits per heavy atom. The minimum atomic E-state index is 0.200. The molecular weight excluding hydrogens is 162 g/mol. The van der Waals surface area contributed by atoms with Crippen LogP contribution in [0.3, 0.4) is 0 Å². The van der Waals surface area contributed by atoms with Crippen LogP contribution >= 0.6 is 0 Å². The summed E-state index contributed by atoms with van der Waals surface area (Å²) in [7, 11) is 1.96. The number of nitrogens with zero attached hydrogens (tertiary/aromatic N) is 2. The molecule has 3 heteroatoms. The van der Waals surface area contributed by atoms with Gasteiger partial charge >= 0.3 is 0 Å². The van der Waals surface area contributed by atoms with Crippen molar-refractivity contribution in [2.75, 3.05) is 0 Å². The van der Waals surface area contributed by atoms with E-state index >= 15 is 0 Å². The first-order chi connectivity index (χ1) is 6.13. The number of hydrogen-bond donors (Lipinski definition) is 1. The minimum absolute atomic E-state index is 0.200. The van der Waals surface area contributed by atoms with Crippen molar-refractivity contribution < 1.29 is 0 Å². The maximum atomic E-state index is 5.75. The fourth-order valence-corrected chi connectivity index (χ4v) is 1.54. The van der Waals surface area contributed by atoms with Gasteiger partial charge in [-0.25, -0.2) is 0 Å². The van der Waals surface area contributed by atoms with Gasteiger partial charge in [0.05, 0.1) is 5.69 Å². The highest BCUT2D eigenvalue weighted by molar-refractivity contribution is 5.18. The van der Waals surface area contributed by atoms with E-state index in [0.717, 1.165) is 19.3 Å². The fraction of sp³-hybridized carbons (Fsp3) is 0.700. The largest absolute Gasteiger partial charge is 0.328 e. The zero-order valence-corrected chi connectivity index (χ0v) is 8.75. The van der Waals surface area contributed by atoms with E-state index in [1.54, 1.807) is 0 Å². The van der Waals surface area contributed by atoms with Crippen LogP contribution in [0.15, 0.2) is 6.20 Å². The third-order valence-electron chi connectivity index (χ3n) is 2.03. The van der Waals surface area contributed by atoms with Crippen LogP contribution < -0.4 is 5.73 Å². The number of aryl methyl sites for hydroxylation is 2. The molecule has 1 aromatic rings. The quantitative estimate of drug-likeness (QED) is 0.760. The Morgan fingerprint density at radius 1 is 1.62 bits per heavy atom. The lowest BCUT2D eigenvalue weighted by Gasteiger charge is -2.03. The molecular formula is C10H19N3. The topological polar surface area (TPSA) is 43.8 Å². The number of nitrogens with two attached hydrogens (primary N) is 1. The third-order valence-corrected chi connectivity index (χ3v) is 2.03. The summed E-state index contributed by atoms with van der Waals surface area (Å²) in [6, 6.07) is 0.200. The first-order valence-corrected chi connectivity index (χ1v) is 4.90. The Bertz CT molecular complexity index is 263. The fourth-order valence-electron chi connectivity index (χ4n) is 1.54. The summed E-state index contributed by atoms with van der Waals surface area (Å²) in [5.41, 5.74) is 8.26. The Morgan fingerprint density at radius 3 is 2.85 bits per heavy atom. The number of rotatable bonds is 4. The lowest BCUT2D eigenvalue weighted by Crippen LogP contribution is -2.18. The van der Waals surface area contributed by atoms with Crippen molar-refractivity contribution in [1.82, 2.24) is 9.78 Å². The summed E-state index contributed by atoms with van der Waals surface area (Å²) in [6.45, 7) is 4.20. The zero-order chi connectivity index (χ0) is 9.84. The van der Waals surface area contributed by atoms with Crippen molar-refractivity contribution in [1.29, 1.82) is 0 Å². The van der Waals surface area contributed by atoms with Crippen LogP contribution in [0.4, 0.5) is 0 Å². The van der Waals surface area contributed by atoms with Gasteiger partial charge in [0.25, 0.3) is 0 Å². The van der Waals surface area contributed by atoms with Gasteiger partial charge in [-0.05, 0) is 18.9 Å². The Hall–Kier alpha value is -0.830. The van der Waals surface area contributed by atoms with Gasteiger partial charge in [0, 0.05) is 25.7 Å². The molecule has 0 radical (unpaired) electrons. The molecule has 74 valence electrons. The van der Waals surface area contributed by atoms with Gasteiger partial charge in [0.2, 0.25) is 0 Å². The Balaban J connectivity index is 2.77. The van der Waals surface area contributed by atoms with Crippen molar-refractivity contribution in [2.45, 2.75) is 39.2 Å². The molecule has 0 aliphatic heterocycles. The second kappa shape index (κ2) is 4.42. The number of hydrogen-bond acceptors (Lipinski definition) is 2. The van der Waals surface area contributed by atoms with E-state index in [1.807, 2.05) is 18.7 Å². The monoisotopic (exact) mass is 181 g/mol. The van der Waals surface area contributed by atoms with Crippen molar-refractivity contribution >= 4 is 0 Å². The summed E-state index contributed by atoms with van der Waals surface area (Å²) in [5.74, 6) is 0. The summed E-state index contributed by atoms with van der Waals surface area (Å²) in [4.78, 5) is 0. The van der Waals surface area contributed by atoms with E-state index in [9.17, 15) is 0 Å². The summed E-state index contributed by atoms with van der Waals surface area (Å²) in [6.07, 6.45) is 5.25. The van der Waals surface area contributed by atoms with Crippen LogP contribution in [0.25, 0.3) is 0 Å². The molecule has 0 saturated heterocycles. The van der Waals surface area contributed by atoms with E-state index in [4.69, 9.17) is 5.73 Å². The van der Waals surface area contributed by atoms with Gasteiger partial charge < -0.3 is 5.73 Å². The van der Waals surface area contributed by atoms with Gasteiger partial charge in [-0.3, -0.25) is 4.68 Å². The second-order valence-corrected chi connectivity index (χ2v) is 3.71. The number of aromatic nitrogens is 2. The van der Waals surface area contributed by atoms with Gasteiger partial charge in [-0.15, -0.1) is 0 Å². The predicted molar refractivity (Wildman–Crippen MR) is 54.6 cm³/mol. The summed E-state index contributed by atoms with van der Waals surface area (Å²) < 4.78 is 1.88. The van der Waals surface area contributed by atoms with Crippen molar-refractivity contribution in [3.8, 4) is 0 Å². The van der Waals surface area contributed by atoms with Crippen LogP contribution in [-0.4, -0.2) is 15.8 Å². The molecule has 2 N–H and O–H groups in total. The molecule has 0 aliphatic rings. The molecule has 3 nitrogen and oxygen atoms in total. The van der Waals surface area contributed by atoms with Crippen LogP contribution in [-0.2, 0) is 19.9 Å². The van der Waals surface area contributed by atoms with Crippen molar-refractivity contribution in [3.05, 3.63) is 17.5 Å². The molecule has 0 spiro atoms. The molecule has 0 bridgehead atoms. The van der Waals surface area contributed by atoms with E-state index < -0.39 is 0 Å². The van der Waals surface area contributed by atoms with Gasteiger partial charge in [0.15, 0.2) is 0 Å². The summed E-state index contributed by atoms with van der Waals surface area (Å²) >= 11 is 0. The van der Waals surface area contributed by atoms with Crippen LogP contribution in [0.2, 0.25) is 0 Å². The first-order valence-electron chi connectivity index (χ1n) is 4.90. The van der Waals surface area contributed by atoms with E-state index in [-0.39, 0.29) is 6.04 Å². The zero-order valence-electron chi connectivity index (χ0n) is 8.75. The van der Waals surface area contributed by atoms with E-state index in [0.29, 0.717) is 0 Å². The average molecular weight is 181 g/mol. The van der Waals surface area contributed by atoms with Crippen LogP contribution in [0, 0.1) is 0 Å². The molecule has 0 fully saturated rings. The summed E-state index contributed by atoms with van der Waals surface area (Å²) in [5, 5.41) is 4.41. The van der Waals surface area contributed by atoms with Gasteiger partial charge in [0.1, 0.15) is 0 Å². The van der Waals surface area contributed by atoms with E-state index in [2.05, 4.69) is 18.2 Å². The highest BCUT2D eigenvalue weighted by atomic mass is 15.2. The molecule has 1 rings (SSSR count). The van der Waals surface area contributed by atoms with Crippen molar-refractivity contribution in [3.63, 3.8) is 0 Å². The molecule has 1 atom stereocenters. The maximum Gasteiger partial charge on any atom is 0.0671 e. The molecule has 0 amide bonds. The highest BCUT2D eigenvalue weighted by Gasteiger charge is 2.08. The average Bonchev–Trinajstić information content (AvgIpc) is 2.31. The second-order valence-electron chi connectivity index (χ2n) is 3.71. The van der Waals surface area contributed by atoms with E-state index in [1.165, 1.54) is 11.3 Å². The lowest BCUT2D eigenvalue weighted by atomic mass is 10.1. The molecule has 1 heterocycles.